The number of hydrogen-bond acceptors (Lipinski definition) is 5. The minimum atomic E-state index is -0.0481. The highest BCUT2D eigenvalue weighted by atomic mass is 32.1. The van der Waals surface area contributed by atoms with E-state index in [-0.39, 0.29) is 12.0 Å². The lowest BCUT2D eigenvalue weighted by Gasteiger charge is -2.23. The van der Waals surface area contributed by atoms with Gasteiger partial charge in [0.2, 0.25) is 0 Å². The smallest absolute Gasteiger partial charge is 0.273 e. The van der Waals surface area contributed by atoms with Gasteiger partial charge in [0.05, 0.1) is 0 Å². The summed E-state index contributed by atoms with van der Waals surface area (Å²) < 4.78 is 5.55. The number of nitrogens with zero attached hydrogens (tertiary/aromatic N) is 3. The summed E-state index contributed by atoms with van der Waals surface area (Å²) in [7, 11) is 4.18. The molecule has 1 aliphatic rings. The van der Waals surface area contributed by atoms with Gasteiger partial charge in [0.15, 0.2) is 0 Å². The topological polar surface area (TPSA) is 45.7 Å². The Bertz CT molecular complexity index is 503. The van der Waals surface area contributed by atoms with Gasteiger partial charge in [-0.2, -0.15) is 0 Å². The Kier molecular flexibility index (Phi) is 5.94. The van der Waals surface area contributed by atoms with Crippen LogP contribution in [0.1, 0.15) is 48.8 Å². The van der Waals surface area contributed by atoms with Gasteiger partial charge < -0.3 is 14.5 Å². The molecule has 2 rings (SSSR count). The molecule has 1 fully saturated rings. The molecule has 0 aromatic carbocycles. The Labute approximate surface area is 137 Å². The van der Waals surface area contributed by atoms with Crippen LogP contribution in [0.15, 0.2) is 5.38 Å². The van der Waals surface area contributed by atoms with E-state index in [1.807, 2.05) is 24.1 Å². The molecule has 0 saturated carbocycles. The van der Waals surface area contributed by atoms with E-state index in [0.29, 0.717) is 24.3 Å². The van der Waals surface area contributed by atoms with Crippen molar-refractivity contribution < 1.29 is 9.53 Å². The van der Waals surface area contributed by atoms with Crippen molar-refractivity contribution in [2.75, 3.05) is 33.8 Å². The Balaban J connectivity index is 2.06. The minimum Gasteiger partial charge on any atom is -0.372 e. The summed E-state index contributed by atoms with van der Waals surface area (Å²) in [4.78, 5) is 21.3. The maximum Gasteiger partial charge on any atom is 0.273 e. The highest BCUT2D eigenvalue weighted by Crippen LogP contribution is 2.26. The first-order chi connectivity index (χ1) is 10.5. The second kappa shape index (κ2) is 7.53. The van der Waals surface area contributed by atoms with Gasteiger partial charge >= 0.3 is 0 Å². The van der Waals surface area contributed by atoms with E-state index in [1.165, 1.54) is 11.3 Å². The lowest BCUT2D eigenvalue weighted by molar-refractivity contribution is 0.0743. The van der Waals surface area contributed by atoms with Crippen LogP contribution >= 0.6 is 11.3 Å². The number of aromatic nitrogens is 1. The molecule has 6 heteroatoms. The van der Waals surface area contributed by atoms with Gasteiger partial charge in [0.1, 0.15) is 16.8 Å². The second-order valence-electron chi connectivity index (χ2n) is 6.08. The highest BCUT2D eigenvalue weighted by Gasteiger charge is 2.36. The number of rotatable bonds is 6. The molecule has 2 heterocycles. The zero-order valence-corrected chi connectivity index (χ0v) is 15.0. The number of hydrogen-bond donors (Lipinski definition) is 0. The van der Waals surface area contributed by atoms with Crippen molar-refractivity contribution in [2.45, 2.75) is 39.3 Å². The molecular weight excluding hydrogens is 298 g/mol. The molecule has 0 radical (unpaired) electrons. The van der Waals surface area contributed by atoms with Crippen molar-refractivity contribution in [1.82, 2.24) is 14.8 Å². The van der Waals surface area contributed by atoms with Crippen molar-refractivity contribution in [3.05, 3.63) is 16.1 Å². The van der Waals surface area contributed by atoms with E-state index in [4.69, 9.17) is 4.74 Å². The monoisotopic (exact) mass is 325 g/mol. The van der Waals surface area contributed by atoms with Gasteiger partial charge in [-0.25, -0.2) is 4.98 Å². The number of thiazole rings is 1. The standard InChI is InChI=1S/C16H27N3O2S/c1-6-12-8-19(9-14(12)18(4)5)16(20)13-10-22-15(17-13)11(3)21-7-2/h10-12,14H,6-9H2,1-5H3/t11-,12-,14+/m1/s1. The molecule has 1 aromatic rings. The van der Waals surface area contributed by atoms with E-state index >= 15 is 0 Å². The van der Waals surface area contributed by atoms with Gasteiger partial charge in [0.25, 0.3) is 5.91 Å². The number of carbonyl (C=O) groups excluding carboxylic acids is 1. The summed E-state index contributed by atoms with van der Waals surface area (Å²) in [5.41, 5.74) is 0.556. The van der Waals surface area contributed by atoms with Crippen molar-refractivity contribution in [1.29, 1.82) is 0 Å². The van der Waals surface area contributed by atoms with Crippen LogP contribution in [0.2, 0.25) is 0 Å². The molecule has 1 aromatic heterocycles. The van der Waals surface area contributed by atoms with Gasteiger partial charge in [0, 0.05) is 31.1 Å². The number of likely N-dealkylation sites (tertiary alicyclic amines) is 1. The molecule has 1 amide bonds. The van der Waals surface area contributed by atoms with Crippen LogP contribution in [0.25, 0.3) is 0 Å². The fourth-order valence-corrected chi connectivity index (χ4v) is 3.86. The number of carbonyl (C=O) groups is 1. The molecule has 5 nitrogen and oxygen atoms in total. The fraction of sp³-hybridized carbons (Fsp3) is 0.750. The Hall–Kier alpha value is -0.980. The number of likely N-dealkylation sites (N-methyl/N-ethyl adjacent to an activating group) is 1. The van der Waals surface area contributed by atoms with Crippen LogP contribution in [-0.4, -0.2) is 60.5 Å². The van der Waals surface area contributed by atoms with Crippen LogP contribution in [0, 0.1) is 5.92 Å². The minimum absolute atomic E-state index is 0.0481. The first-order valence-electron chi connectivity index (χ1n) is 8.00. The van der Waals surface area contributed by atoms with Crippen molar-refractivity contribution >= 4 is 17.2 Å². The molecule has 124 valence electrons. The van der Waals surface area contributed by atoms with E-state index in [1.54, 1.807) is 0 Å². The van der Waals surface area contributed by atoms with Crippen molar-refractivity contribution in [3.8, 4) is 0 Å². The maximum absolute atomic E-state index is 12.7. The zero-order valence-electron chi connectivity index (χ0n) is 14.2. The molecule has 0 spiro atoms. The average molecular weight is 325 g/mol. The van der Waals surface area contributed by atoms with Gasteiger partial charge in [-0.1, -0.05) is 13.3 Å². The fourth-order valence-electron chi connectivity index (χ4n) is 3.06. The second-order valence-corrected chi connectivity index (χ2v) is 6.97. The lowest BCUT2D eigenvalue weighted by atomic mass is 10.0. The Morgan fingerprint density at radius 2 is 2.23 bits per heavy atom. The predicted molar refractivity (Wildman–Crippen MR) is 89.3 cm³/mol. The number of amides is 1. The molecule has 0 aliphatic carbocycles. The maximum atomic E-state index is 12.7. The molecule has 1 aliphatic heterocycles. The third-order valence-electron chi connectivity index (χ3n) is 4.39. The van der Waals surface area contributed by atoms with Crippen molar-refractivity contribution in [2.24, 2.45) is 5.92 Å². The van der Waals surface area contributed by atoms with Gasteiger partial charge in [-0.05, 0) is 33.9 Å². The van der Waals surface area contributed by atoms with Gasteiger partial charge in [-0.3, -0.25) is 4.79 Å². The molecular formula is C16H27N3O2S. The molecule has 1 saturated heterocycles. The zero-order chi connectivity index (χ0) is 16.3. The van der Waals surface area contributed by atoms with Crippen LogP contribution in [0.5, 0.6) is 0 Å². The van der Waals surface area contributed by atoms with Crippen LogP contribution in [-0.2, 0) is 4.74 Å². The van der Waals surface area contributed by atoms with Crippen LogP contribution < -0.4 is 0 Å². The SMILES string of the molecule is CCO[C@H](C)c1nc(C(=O)N2C[C@@H](CC)[C@@H](N(C)C)C2)cs1. The molecule has 0 N–H and O–H groups in total. The van der Waals surface area contributed by atoms with E-state index in [9.17, 15) is 4.79 Å². The highest BCUT2D eigenvalue weighted by molar-refractivity contribution is 7.09. The van der Waals surface area contributed by atoms with E-state index in [2.05, 4.69) is 30.9 Å². The van der Waals surface area contributed by atoms with Crippen molar-refractivity contribution in [3.63, 3.8) is 0 Å². The quantitative estimate of drug-likeness (QED) is 0.807. The summed E-state index contributed by atoms with van der Waals surface area (Å²) in [5, 5.41) is 2.73. The van der Waals surface area contributed by atoms with Crippen LogP contribution in [0.4, 0.5) is 0 Å². The summed E-state index contributed by atoms with van der Waals surface area (Å²) in [6.07, 6.45) is 1.05. The Morgan fingerprint density at radius 1 is 1.50 bits per heavy atom. The lowest BCUT2D eigenvalue weighted by Crippen LogP contribution is -2.36. The normalized spacial score (nSPS) is 23.3. The average Bonchev–Trinajstić information content (AvgIpc) is 3.13. The first-order valence-corrected chi connectivity index (χ1v) is 8.88. The van der Waals surface area contributed by atoms with E-state index < -0.39 is 0 Å². The molecule has 3 atom stereocenters. The largest absolute Gasteiger partial charge is 0.372 e. The number of ether oxygens (including phenoxy) is 1. The Morgan fingerprint density at radius 3 is 2.77 bits per heavy atom. The van der Waals surface area contributed by atoms with E-state index in [0.717, 1.165) is 24.5 Å². The summed E-state index contributed by atoms with van der Waals surface area (Å²) in [6, 6.07) is 0.439. The molecule has 0 bridgehead atoms. The summed E-state index contributed by atoms with van der Waals surface area (Å²) in [5.74, 6) is 0.591. The molecule has 0 unspecified atom stereocenters. The van der Waals surface area contributed by atoms with Gasteiger partial charge in [-0.15, -0.1) is 11.3 Å². The summed E-state index contributed by atoms with van der Waals surface area (Å²) in [6.45, 7) is 8.40. The van der Waals surface area contributed by atoms with Crippen LogP contribution in [0.3, 0.4) is 0 Å². The third-order valence-corrected chi connectivity index (χ3v) is 5.39. The predicted octanol–water partition coefficient (Wildman–Crippen LogP) is 2.65. The summed E-state index contributed by atoms with van der Waals surface area (Å²) >= 11 is 1.50. The first kappa shape index (κ1) is 17.4. The third kappa shape index (κ3) is 3.67. The molecule has 22 heavy (non-hydrogen) atoms.